The Morgan fingerprint density at radius 1 is 0.875 bits per heavy atom. The van der Waals surface area contributed by atoms with Gasteiger partial charge in [-0.05, 0) is 40.5 Å². The van der Waals surface area contributed by atoms with Crippen LogP contribution in [-0.4, -0.2) is 58.1 Å². The summed E-state index contributed by atoms with van der Waals surface area (Å²) >= 11 is 1.60. The summed E-state index contributed by atoms with van der Waals surface area (Å²) < 4.78 is 40.8. The predicted molar refractivity (Wildman–Crippen MR) is 164 cm³/mol. The van der Waals surface area contributed by atoms with Crippen LogP contribution in [0.3, 0.4) is 0 Å². The van der Waals surface area contributed by atoms with Crippen molar-refractivity contribution in [2.45, 2.75) is 70.6 Å². The molecule has 1 aliphatic heterocycles. The molecule has 0 radical (unpaired) electrons. The van der Waals surface area contributed by atoms with Gasteiger partial charge >= 0.3 is 0 Å². The van der Waals surface area contributed by atoms with Crippen LogP contribution in [0.25, 0.3) is 0 Å². The molecular weight excluding hydrogens is 542 g/mol. The van der Waals surface area contributed by atoms with Gasteiger partial charge in [-0.15, -0.1) is 11.3 Å². The van der Waals surface area contributed by atoms with E-state index >= 15 is 0 Å². The summed E-state index contributed by atoms with van der Waals surface area (Å²) in [6.45, 7) is 14.7. The molecule has 9 heteroatoms. The highest BCUT2D eigenvalue weighted by atomic mass is 32.2. The average Bonchev–Trinajstić information content (AvgIpc) is 3.40. The Hall–Kier alpha value is -2.62. The Morgan fingerprint density at radius 2 is 1.50 bits per heavy atom. The number of anilines is 1. The molecule has 0 N–H and O–H groups in total. The minimum absolute atomic E-state index is 0.111. The molecule has 2 heterocycles. The zero-order valence-electron chi connectivity index (χ0n) is 25.0. The fraction of sp³-hybridized carbons (Fsp3) is 0.516. The van der Waals surface area contributed by atoms with Crippen LogP contribution in [-0.2, 0) is 16.4 Å². The highest BCUT2D eigenvalue weighted by Gasteiger charge is 2.34. The van der Waals surface area contributed by atoms with E-state index in [0.717, 1.165) is 39.0 Å². The van der Waals surface area contributed by atoms with E-state index in [-0.39, 0.29) is 11.8 Å². The van der Waals surface area contributed by atoms with Gasteiger partial charge < -0.3 is 14.4 Å². The van der Waals surface area contributed by atoms with Gasteiger partial charge in [-0.25, -0.2) is 13.4 Å². The molecule has 2 aromatic carbocycles. The Bertz CT molecular complexity index is 1390. The maximum Gasteiger partial charge on any atom is 0.243 e. The Balaban J connectivity index is 1.52. The van der Waals surface area contributed by atoms with Crippen LogP contribution in [0.15, 0.2) is 40.6 Å². The summed E-state index contributed by atoms with van der Waals surface area (Å²) in [5, 5.41) is 2.99. The number of aromatic nitrogens is 1. The number of rotatable bonds is 10. The van der Waals surface area contributed by atoms with Gasteiger partial charge in [0.05, 0.1) is 24.8 Å². The van der Waals surface area contributed by atoms with Gasteiger partial charge in [0.1, 0.15) is 11.5 Å². The molecule has 0 atom stereocenters. The Kier molecular flexibility index (Phi) is 9.47. The lowest BCUT2D eigenvalue weighted by Crippen LogP contribution is -2.49. The lowest BCUT2D eigenvalue weighted by atomic mass is 9.89. The van der Waals surface area contributed by atoms with Gasteiger partial charge in [-0.3, -0.25) is 0 Å². The van der Waals surface area contributed by atoms with Crippen LogP contribution in [0.5, 0.6) is 11.5 Å². The zero-order chi connectivity index (χ0) is 29.2. The van der Waals surface area contributed by atoms with Crippen molar-refractivity contribution in [3.05, 3.63) is 63.7 Å². The first-order chi connectivity index (χ1) is 19.0. The third-order valence-electron chi connectivity index (χ3n) is 7.59. The highest BCUT2D eigenvalue weighted by molar-refractivity contribution is 7.89. The summed E-state index contributed by atoms with van der Waals surface area (Å²) in [7, 11) is -0.347. The van der Waals surface area contributed by atoms with Gasteiger partial charge in [-0.2, -0.15) is 4.31 Å². The topological polar surface area (TPSA) is 72.0 Å². The van der Waals surface area contributed by atoms with Crippen LogP contribution >= 0.6 is 11.3 Å². The second-order valence-electron chi connectivity index (χ2n) is 11.4. The molecule has 0 aliphatic carbocycles. The molecule has 218 valence electrons. The number of thiazole rings is 1. The molecule has 0 unspecified atom stereocenters. The normalized spacial score (nSPS) is 14.9. The van der Waals surface area contributed by atoms with Crippen molar-refractivity contribution in [2.75, 3.05) is 45.3 Å². The number of methoxy groups -OCH3 is 2. The molecule has 1 fully saturated rings. The van der Waals surface area contributed by atoms with Crippen LogP contribution in [0.1, 0.15) is 87.2 Å². The second-order valence-corrected chi connectivity index (χ2v) is 14.1. The van der Waals surface area contributed by atoms with E-state index in [9.17, 15) is 8.42 Å². The summed E-state index contributed by atoms with van der Waals surface area (Å²) in [5.41, 5.74) is 5.06. The quantitative estimate of drug-likeness (QED) is 0.266. The number of piperazine rings is 1. The molecule has 7 nitrogen and oxygen atoms in total. The van der Waals surface area contributed by atoms with Gasteiger partial charge in [0.25, 0.3) is 0 Å². The van der Waals surface area contributed by atoms with Crippen LogP contribution in [0.4, 0.5) is 5.13 Å². The van der Waals surface area contributed by atoms with E-state index in [4.69, 9.17) is 14.5 Å². The minimum atomic E-state index is -3.64. The maximum absolute atomic E-state index is 14.1. The van der Waals surface area contributed by atoms with Crippen molar-refractivity contribution >= 4 is 26.5 Å². The van der Waals surface area contributed by atoms with Crippen LogP contribution < -0.4 is 14.4 Å². The summed E-state index contributed by atoms with van der Waals surface area (Å²) in [6.07, 6.45) is 0.653. The van der Waals surface area contributed by atoms with E-state index in [2.05, 4.69) is 64.0 Å². The van der Waals surface area contributed by atoms with Crippen LogP contribution in [0.2, 0.25) is 0 Å². The molecule has 1 saturated heterocycles. The second kappa shape index (κ2) is 12.5. The fourth-order valence-electron chi connectivity index (χ4n) is 5.15. The number of hydrogen-bond acceptors (Lipinski definition) is 7. The molecule has 0 spiro atoms. The average molecular weight is 586 g/mol. The first-order valence-electron chi connectivity index (χ1n) is 14.0. The van der Waals surface area contributed by atoms with Crippen molar-refractivity contribution in [3.8, 4) is 11.5 Å². The third-order valence-corrected chi connectivity index (χ3v) is 10.6. The van der Waals surface area contributed by atoms with Gasteiger partial charge in [-0.1, -0.05) is 59.7 Å². The molecule has 1 aliphatic rings. The van der Waals surface area contributed by atoms with Gasteiger partial charge in [0.2, 0.25) is 10.0 Å². The summed E-state index contributed by atoms with van der Waals surface area (Å²) in [6, 6.07) is 10.0. The van der Waals surface area contributed by atoms with Crippen molar-refractivity contribution < 1.29 is 17.9 Å². The number of nitrogens with zero attached hydrogens (tertiary/aromatic N) is 3. The Morgan fingerprint density at radius 3 is 2.02 bits per heavy atom. The lowest BCUT2D eigenvalue weighted by Gasteiger charge is -2.35. The first-order valence-corrected chi connectivity index (χ1v) is 16.4. The third kappa shape index (κ3) is 6.31. The molecule has 0 saturated carbocycles. The highest BCUT2D eigenvalue weighted by Crippen LogP contribution is 2.37. The predicted octanol–water partition coefficient (Wildman–Crippen LogP) is 6.63. The summed E-state index contributed by atoms with van der Waals surface area (Å²) in [5.74, 6) is 2.09. The van der Waals surface area contributed by atoms with Crippen LogP contribution in [0, 0.1) is 0 Å². The first kappa shape index (κ1) is 30.3. The maximum atomic E-state index is 14.1. The molecule has 1 aromatic heterocycles. The van der Waals surface area contributed by atoms with Crippen molar-refractivity contribution in [1.82, 2.24) is 9.29 Å². The standard InChI is InChI=1S/C31H43N3O4S2/c1-20(2)24-16-27(21(3)4)30(28(17-24)22(5)6)40(35,36)34-13-11-33(12-14-34)31-32-25(19-39-31)15-23-9-10-26(37-7)18-29(23)38-8/h9-10,16-22H,11-15H2,1-8H3. The molecule has 4 rings (SSSR count). The SMILES string of the molecule is COc1ccc(Cc2csc(N3CCN(S(=O)(=O)c4c(C(C)C)cc(C(C)C)cc4C(C)C)CC3)n2)c(OC)c1. The smallest absolute Gasteiger partial charge is 0.243 e. The fourth-order valence-corrected chi connectivity index (χ4v) is 8.12. The van der Waals surface area contributed by atoms with E-state index in [1.165, 1.54) is 5.56 Å². The lowest BCUT2D eigenvalue weighted by molar-refractivity contribution is 0.383. The number of hydrogen-bond donors (Lipinski definition) is 0. The van der Waals surface area contributed by atoms with E-state index in [1.807, 2.05) is 18.2 Å². The number of ether oxygens (including phenoxy) is 2. The largest absolute Gasteiger partial charge is 0.497 e. The van der Waals surface area contributed by atoms with Crippen molar-refractivity contribution in [1.29, 1.82) is 0 Å². The Labute approximate surface area is 244 Å². The monoisotopic (exact) mass is 585 g/mol. The van der Waals surface area contributed by atoms with E-state index < -0.39 is 10.0 Å². The number of sulfonamides is 1. The van der Waals surface area contributed by atoms with E-state index in [0.29, 0.717) is 43.4 Å². The molecular formula is C31H43N3O4S2. The van der Waals surface area contributed by atoms with Crippen molar-refractivity contribution in [3.63, 3.8) is 0 Å². The molecule has 40 heavy (non-hydrogen) atoms. The van der Waals surface area contributed by atoms with Gasteiger partial charge in [0.15, 0.2) is 5.13 Å². The number of benzene rings is 2. The minimum Gasteiger partial charge on any atom is -0.497 e. The molecule has 0 amide bonds. The molecule has 0 bridgehead atoms. The zero-order valence-corrected chi connectivity index (χ0v) is 26.7. The van der Waals surface area contributed by atoms with E-state index in [1.54, 1.807) is 29.9 Å². The summed E-state index contributed by atoms with van der Waals surface area (Å²) in [4.78, 5) is 7.59. The van der Waals surface area contributed by atoms with Crippen molar-refractivity contribution in [2.24, 2.45) is 0 Å². The van der Waals surface area contributed by atoms with Gasteiger partial charge in [0, 0.05) is 49.6 Å². The molecule has 3 aromatic rings.